The lowest BCUT2D eigenvalue weighted by Crippen LogP contribution is -2.46. The molecule has 0 aromatic heterocycles. The number of halogens is 1. The molecule has 1 aromatic carbocycles. The number of ether oxygens (including phenoxy) is 2. The molecule has 0 radical (unpaired) electrons. The number of sulfonamides is 1. The lowest BCUT2D eigenvalue weighted by Gasteiger charge is -2.20. The average Bonchev–Trinajstić information content (AvgIpc) is 2.68. The van der Waals surface area contributed by atoms with Gasteiger partial charge in [-0.2, -0.15) is 4.72 Å². The first-order valence-electron chi connectivity index (χ1n) is 9.44. The molecule has 0 fully saturated rings. The van der Waals surface area contributed by atoms with Crippen molar-refractivity contribution in [3.8, 4) is 0 Å². The highest BCUT2D eigenvalue weighted by molar-refractivity contribution is 7.89. The van der Waals surface area contributed by atoms with E-state index in [0.29, 0.717) is 6.42 Å². The zero-order valence-corrected chi connectivity index (χ0v) is 18.0. The smallest absolute Gasteiger partial charge is 0.324 e. The summed E-state index contributed by atoms with van der Waals surface area (Å²) in [6.07, 6.45) is 0.497. The average molecular weight is 446 g/mol. The summed E-state index contributed by atoms with van der Waals surface area (Å²) < 4.78 is 50.4. The molecule has 0 bridgehead atoms. The van der Waals surface area contributed by atoms with E-state index in [9.17, 15) is 27.2 Å². The molecule has 11 heteroatoms. The van der Waals surface area contributed by atoms with Crippen LogP contribution in [0.4, 0.5) is 4.39 Å². The summed E-state index contributed by atoms with van der Waals surface area (Å²) in [4.78, 5) is 34.7. The standard InChI is InChI=1S/C19H27FN2O7S/c1-4-28-17(24)10-7-11-21-16(23)12-29-19(25)18(13(2)3)22-30(26,27)15-9-6-5-8-14(15)20/h5-6,8-9,13,18,22H,4,7,10-12H2,1-3H3,(H,21,23). The Hall–Kier alpha value is -2.53. The minimum absolute atomic E-state index is 0.140. The summed E-state index contributed by atoms with van der Waals surface area (Å²) in [6.45, 7) is 4.68. The number of rotatable bonds is 12. The van der Waals surface area contributed by atoms with Gasteiger partial charge >= 0.3 is 11.9 Å². The van der Waals surface area contributed by atoms with Crippen LogP contribution < -0.4 is 10.0 Å². The molecule has 1 aromatic rings. The summed E-state index contributed by atoms with van der Waals surface area (Å²) in [6, 6.07) is 3.44. The monoisotopic (exact) mass is 446 g/mol. The third kappa shape index (κ3) is 8.46. The largest absolute Gasteiger partial charge is 0.466 e. The van der Waals surface area contributed by atoms with Crippen molar-refractivity contribution in [1.82, 2.24) is 10.0 Å². The maximum absolute atomic E-state index is 13.8. The molecule has 30 heavy (non-hydrogen) atoms. The van der Waals surface area contributed by atoms with Gasteiger partial charge in [-0.15, -0.1) is 0 Å². The van der Waals surface area contributed by atoms with Gasteiger partial charge in [-0.25, -0.2) is 12.8 Å². The molecule has 0 spiro atoms. The zero-order valence-electron chi connectivity index (χ0n) is 17.1. The van der Waals surface area contributed by atoms with E-state index in [1.807, 2.05) is 0 Å². The molecule has 0 heterocycles. The number of nitrogens with one attached hydrogen (secondary N) is 2. The minimum atomic E-state index is -4.32. The fourth-order valence-corrected chi connectivity index (χ4v) is 3.73. The van der Waals surface area contributed by atoms with Crippen molar-refractivity contribution in [3.63, 3.8) is 0 Å². The quantitative estimate of drug-likeness (QED) is 0.364. The van der Waals surface area contributed by atoms with Gasteiger partial charge in [0.1, 0.15) is 16.8 Å². The van der Waals surface area contributed by atoms with Gasteiger partial charge in [0.05, 0.1) is 6.61 Å². The minimum Gasteiger partial charge on any atom is -0.466 e. The van der Waals surface area contributed by atoms with Crippen LogP contribution in [0.15, 0.2) is 29.2 Å². The first-order valence-corrected chi connectivity index (χ1v) is 10.9. The Morgan fingerprint density at radius 1 is 1.13 bits per heavy atom. The van der Waals surface area contributed by atoms with E-state index in [-0.39, 0.29) is 25.5 Å². The van der Waals surface area contributed by atoms with Crippen LogP contribution in [-0.4, -0.2) is 52.1 Å². The first kappa shape index (κ1) is 25.5. The SMILES string of the molecule is CCOC(=O)CCCNC(=O)COC(=O)C(NS(=O)(=O)c1ccccc1F)C(C)C. The summed E-state index contributed by atoms with van der Waals surface area (Å²) in [7, 11) is -4.32. The van der Waals surface area contributed by atoms with Gasteiger partial charge in [0.15, 0.2) is 6.61 Å². The van der Waals surface area contributed by atoms with Crippen molar-refractivity contribution in [2.24, 2.45) is 5.92 Å². The Morgan fingerprint density at radius 3 is 2.40 bits per heavy atom. The lowest BCUT2D eigenvalue weighted by atomic mass is 10.1. The molecule has 0 saturated heterocycles. The van der Waals surface area contributed by atoms with Crippen molar-refractivity contribution in [1.29, 1.82) is 0 Å². The Bertz CT molecular complexity index is 843. The Labute approximate surface area is 175 Å². The first-order chi connectivity index (χ1) is 14.1. The van der Waals surface area contributed by atoms with Gasteiger partial charge in [0, 0.05) is 13.0 Å². The number of carbonyl (C=O) groups excluding carboxylic acids is 3. The van der Waals surface area contributed by atoms with E-state index >= 15 is 0 Å². The highest BCUT2D eigenvalue weighted by atomic mass is 32.2. The second-order valence-corrected chi connectivity index (χ2v) is 8.32. The van der Waals surface area contributed by atoms with Gasteiger partial charge in [-0.3, -0.25) is 14.4 Å². The Balaban J connectivity index is 2.57. The molecule has 1 unspecified atom stereocenters. The third-order valence-corrected chi connectivity index (χ3v) is 5.33. The second kappa shape index (κ2) is 12.2. The number of carbonyl (C=O) groups is 3. The van der Waals surface area contributed by atoms with E-state index in [1.165, 1.54) is 12.1 Å². The number of hydrogen-bond acceptors (Lipinski definition) is 7. The van der Waals surface area contributed by atoms with Crippen LogP contribution in [0.1, 0.15) is 33.6 Å². The van der Waals surface area contributed by atoms with Crippen molar-refractivity contribution < 1.29 is 36.7 Å². The fourth-order valence-electron chi connectivity index (χ4n) is 2.32. The van der Waals surface area contributed by atoms with E-state index in [0.717, 1.165) is 12.1 Å². The molecule has 1 rings (SSSR count). The van der Waals surface area contributed by atoms with Crippen molar-refractivity contribution in [2.45, 2.75) is 44.6 Å². The highest BCUT2D eigenvalue weighted by Gasteiger charge is 2.31. The van der Waals surface area contributed by atoms with Crippen LogP contribution in [0.5, 0.6) is 0 Å². The predicted octanol–water partition coefficient (Wildman–Crippen LogP) is 1.13. The molecule has 1 atom stereocenters. The van der Waals surface area contributed by atoms with E-state index in [4.69, 9.17) is 9.47 Å². The molecule has 0 aliphatic carbocycles. The Morgan fingerprint density at radius 2 is 1.80 bits per heavy atom. The molecule has 2 N–H and O–H groups in total. The van der Waals surface area contributed by atoms with Crippen molar-refractivity contribution >= 4 is 27.9 Å². The van der Waals surface area contributed by atoms with Gasteiger partial charge in [-0.1, -0.05) is 26.0 Å². The number of benzene rings is 1. The molecular formula is C19H27FN2O7S. The number of amides is 1. The van der Waals surface area contributed by atoms with Crippen LogP contribution in [-0.2, 0) is 33.9 Å². The van der Waals surface area contributed by atoms with Crippen LogP contribution in [0.2, 0.25) is 0 Å². The van der Waals surface area contributed by atoms with E-state index in [2.05, 4.69) is 10.0 Å². The maximum Gasteiger partial charge on any atom is 0.324 e. The molecule has 1 amide bonds. The third-order valence-electron chi connectivity index (χ3n) is 3.86. The van der Waals surface area contributed by atoms with Gasteiger partial charge in [-0.05, 0) is 31.4 Å². The van der Waals surface area contributed by atoms with Gasteiger partial charge in [0.2, 0.25) is 10.0 Å². The van der Waals surface area contributed by atoms with Gasteiger partial charge in [0.25, 0.3) is 5.91 Å². The molecule has 9 nitrogen and oxygen atoms in total. The summed E-state index contributed by atoms with van der Waals surface area (Å²) in [5.74, 6) is -3.42. The molecule has 0 aliphatic heterocycles. The summed E-state index contributed by atoms with van der Waals surface area (Å²) >= 11 is 0. The second-order valence-electron chi connectivity index (χ2n) is 6.64. The lowest BCUT2D eigenvalue weighted by molar-refractivity contribution is -0.151. The molecule has 0 aliphatic rings. The van der Waals surface area contributed by atoms with Gasteiger partial charge < -0.3 is 14.8 Å². The number of hydrogen-bond donors (Lipinski definition) is 2. The predicted molar refractivity (Wildman–Crippen MR) is 105 cm³/mol. The normalized spacial score (nSPS) is 12.3. The number of esters is 2. The van der Waals surface area contributed by atoms with Crippen LogP contribution in [0.3, 0.4) is 0 Å². The topological polar surface area (TPSA) is 128 Å². The molecular weight excluding hydrogens is 419 g/mol. The van der Waals surface area contributed by atoms with Crippen LogP contribution >= 0.6 is 0 Å². The Kier molecular flexibility index (Phi) is 10.4. The molecule has 168 valence electrons. The summed E-state index contributed by atoms with van der Waals surface area (Å²) in [5, 5.41) is 2.47. The summed E-state index contributed by atoms with van der Waals surface area (Å²) in [5.41, 5.74) is 0. The molecule has 0 saturated carbocycles. The zero-order chi connectivity index (χ0) is 22.7. The van der Waals surface area contributed by atoms with Crippen molar-refractivity contribution in [3.05, 3.63) is 30.1 Å². The fraction of sp³-hybridized carbons (Fsp3) is 0.526. The maximum atomic E-state index is 13.8. The van der Waals surface area contributed by atoms with E-state index < -0.39 is 51.2 Å². The highest BCUT2D eigenvalue weighted by Crippen LogP contribution is 2.16. The van der Waals surface area contributed by atoms with Crippen LogP contribution in [0, 0.1) is 11.7 Å². The van der Waals surface area contributed by atoms with Crippen molar-refractivity contribution in [2.75, 3.05) is 19.8 Å². The van der Waals surface area contributed by atoms with E-state index in [1.54, 1.807) is 20.8 Å². The van der Waals surface area contributed by atoms with Crippen LogP contribution in [0.25, 0.3) is 0 Å².